The maximum atomic E-state index is 12.1. The summed E-state index contributed by atoms with van der Waals surface area (Å²) in [5, 5.41) is 12.2. The van der Waals surface area contributed by atoms with E-state index in [0.29, 0.717) is 24.4 Å². The van der Waals surface area contributed by atoms with E-state index in [-0.39, 0.29) is 17.5 Å². The van der Waals surface area contributed by atoms with Crippen LogP contribution in [-0.2, 0) is 4.79 Å². The molecule has 0 aromatic carbocycles. The highest BCUT2D eigenvalue weighted by Crippen LogP contribution is 2.17. The summed E-state index contributed by atoms with van der Waals surface area (Å²) in [6, 6.07) is 4.63. The predicted molar refractivity (Wildman–Crippen MR) is 74.4 cm³/mol. The zero-order valence-electron chi connectivity index (χ0n) is 11.4. The third-order valence-electron chi connectivity index (χ3n) is 3.44. The SMILES string of the molecule is O=C(NC1CCCCNC1=O)c1cc(-c2ccco2)[nH]n1. The predicted octanol–water partition coefficient (Wildman–Crippen LogP) is 1.07. The number of hydrogen-bond donors (Lipinski definition) is 3. The number of nitrogens with one attached hydrogen (secondary N) is 3. The van der Waals surface area contributed by atoms with Crippen LogP contribution in [0.4, 0.5) is 0 Å². The van der Waals surface area contributed by atoms with Gasteiger partial charge in [0.25, 0.3) is 5.91 Å². The summed E-state index contributed by atoms with van der Waals surface area (Å²) < 4.78 is 5.23. The second kappa shape index (κ2) is 5.82. The molecule has 21 heavy (non-hydrogen) atoms. The van der Waals surface area contributed by atoms with Crippen molar-refractivity contribution in [2.45, 2.75) is 25.3 Å². The fraction of sp³-hybridized carbons (Fsp3) is 0.357. The second-order valence-corrected chi connectivity index (χ2v) is 4.96. The van der Waals surface area contributed by atoms with Gasteiger partial charge in [-0.3, -0.25) is 14.7 Å². The fourth-order valence-electron chi connectivity index (χ4n) is 2.31. The highest BCUT2D eigenvalue weighted by Gasteiger charge is 2.24. The van der Waals surface area contributed by atoms with Gasteiger partial charge in [0.05, 0.1) is 6.26 Å². The number of H-pyrrole nitrogens is 1. The number of amides is 2. The number of aromatic nitrogens is 2. The Hall–Kier alpha value is -2.57. The molecule has 0 spiro atoms. The molecule has 3 N–H and O–H groups in total. The molecule has 0 bridgehead atoms. The normalized spacial score (nSPS) is 18.9. The molecule has 0 saturated carbocycles. The van der Waals surface area contributed by atoms with E-state index in [1.54, 1.807) is 24.5 Å². The van der Waals surface area contributed by atoms with Crippen LogP contribution in [0.2, 0.25) is 0 Å². The Balaban J connectivity index is 1.69. The number of carbonyl (C=O) groups is 2. The Kier molecular flexibility index (Phi) is 3.72. The molecular formula is C14H16N4O3. The van der Waals surface area contributed by atoms with Crippen molar-refractivity contribution in [1.29, 1.82) is 0 Å². The van der Waals surface area contributed by atoms with Crippen LogP contribution >= 0.6 is 0 Å². The average molecular weight is 288 g/mol. The van der Waals surface area contributed by atoms with Crippen molar-refractivity contribution >= 4 is 11.8 Å². The highest BCUT2D eigenvalue weighted by atomic mass is 16.3. The van der Waals surface area contributed by atoms with Crippen molar-refractivity contribution in [1.82, 2.24) is 20.8 Å². The van der Waals surface area contributed by atoms with Gasteiger partial charge in [-0.1, -0.05) is 0 Å². The Bertz CT molecular complexity index is 632. The number of carbonyl (C=O) groups excluding carboxylic acids is 2. The van der Waals surface area contributed by atoms with Crippen molar-refractivity contribution in [2.24, 2.45) is 0 Å². The fourth-order valence-corrected chi connectivity index (χ4v) is 2.31. The Morgan fingerprint density at radius 1 is 1.43 bits per heavy atom. The lowest BCUT2D eigenvalue weighted by Crippen LogP contribution is -2.45. The molecule has 3 heterocycles. The molecule has 3 rings (SSSR count). The minimum Gasteiger partial charge on any atom is -0.463 e. The molecule has 0 radical (unpaired) electrons. The lowest BCUT2D eigenvalue weighted by atomic mass is 10.1. The van der Waals surface area contributed by atoms with Crippen LogP contribution in [0.3, 0.4) is 0 Å². The molecular weight excluding hydrogens is 272 g/mol. The van der Waals surface area contributed by atoms with Crippen molar-refractivity contribution in [3.8, 4) is 11.5 Å². The summed E-state index contributed by atoms with van der Waals surface area (Å²) in [5.41, 5.74) is 0.855. The monoisotopic (exact) mass is 288 g/mol. The van der Waals surface area contributed by atoms with Crippen LogP contribution in [0.25, 0.3) is 11.5 Å². The first-order chi connectivity index (χ1) is 10.2. The molecule has 2 amide bonds. The van der Waals surface area contributed by atoms with Gasteiger partial charge in [0, 0.05) is 12.6 Å². The van der Waals surface area contributed by atoms with Crippen LogP contribution in [0.5, 0.6) is 0 Å². The van der Waals surface area contributed by atoms with Gasteiger partial charge >= 0.3 is 0 Å². The molecule has 1 unspecified atom stereocenters. The summed E-state index contributed by atoms with van der Waals surface area (Å²) in [6.07, 6.45) is 4.03. The van der Waals surface area contributed by atoms with Gasteiger partial charge in [-0.15, -0.1) is 0 Å². The lowest BCUT2D eigenvalue weighted by molar-refractivity contribution is -0.122. The van der Waals surface area contributed by atoms with E-state index in [9.17, 15) is 9.59 Å². The zero-order valence-corrected chi connectivity index (χ0v) is 11.4. The summed E-state index contributed by atoms with van der Waals surface area (Å²) in [5.74, 6) is 0.0995. The first kappa shape index (κ1) is 13.4. The van der Waals surface area contributed by atoms with E-state index < -0.39 is 6.04 Å². The van der Waals surface area contributed by atoms with E-state index in [0.717, 1.165) is 12.8 Å². The molecule has 1 aliphatic rings. The molecule has 2 aromatic rings. The van der Waals surface area contributed by atoms with Crippen molar-refractivity contribution in [2.75, 3.05) is 6.54 Å². The van der Waals surface area contributed by atoms with Gasteiger partial charge in [0.2, 0.25) is 5.91 Å². The van der Waals surface area contributed by atoms with Gasteiger partial charge < -0.3 is 15.1 Å². The van der Waals surface area contributed by atoms with Gasteiger partial charge in [0.1, 0.15) is 11.7 Å². The third-order valence-corrected chi connectivity index (χ3v) is 3.44. The molecule has 1 atom stereocenters. The van der Waals surface area contributed by atoms with E-state index in [1.165, 1.54) is 0 Å². The Labute approximate surface area is 121 Å². The third kappa shape index (κ3) is 2.96. The molecule has 1 saturated heterocycles. The van der Waals surface area contributed by atoms with E-state index in [1.807, 2.05) is 0 Å². The highest BCUT2D eigenvalue weighted by molar-refractivity contribution is 5.96. The molecule has 110 valence electrons. The van der Waals surface area contributed by atoms with Crippen molar-refractivity contribution in [3.05, 3.63) is 30.2 Å². The smallest absolute Gasteiger partial charge is 0.272 e. The zero-order chi connectivity index (χ0) is 14.7. The number of aromatic amines is 1. The molecule has 1 fully saturated rings. The largest absolute Gasteiger partial charge is 0.463 e. The maximum absolute atomic E-state index is 12.1. The van der Waals surface area contributed by atoms with Crippen LogP contribution < -0.4 is 10.6 Å². The lowest BCUT2D eigenvalue weighted by Gasteiger charge is -2.13. The van der Waals surface area contributed by atoms with Crippen molar-refractivity contribution in [3.63, 3.8) is 0 Å². The van der Waals surface area contributed by atoms with Crippen LogP contribution in [0, 0.1) is 0 Å². The van der Waals surface area contributed by atoms with Gasteiger partial charge in [-0.05, 0) is 31.4 Å². The average Bonchev–Trinajstić information content (AvgIpc) is 3.12. The molecule has 1 aliphatic heterocycles. The Morgan fingerprint density at radius 3 is 3.14 bits per heavy atom. The molecule has 0 aliphatic carbocycles. The second-order valence-electron chi connectivity index (χ2n) is 4.96. The summed E-state index contributed by atoms with van der Waals surface area (Å²) >= 11 is 0. The summed E-state index contributed by atoms with van der Waals surface area (Å²) in [4.78, 5) is 24.0. The van der Waals surface area contributed by atoms with Crippen molar-refractivity contribution < 1.29 is 14.0 Å². The van der Waals surface area contributed by atoms with Crippen LogP contribution in [-0.4, -0.2) is 34.6 Å². The number of furan rings is 1. The molecule has 2 aromatic heterocycles. The standard InChI is InChI=1S/C14H16N4O3/c19-13-9(4-1-2-6-15-13)16-14(20)11-8-10(17-18-11)12-5-3-7-21-12/h3,5,7-9H,1-2,4,6H2,(H,15,19)(H,16,20)(H,17,18). The quantitative estimate of drug-likeness (QED) is 0.786. The number of nitrogens with zero attached hydrogens (tertiary/aromatic N) is 1. The van der Waals surface area contributed by atoms with Crippen LogP contribution in [0.1, 0.15) is 29.8 Å². The minimum absolute atomic E-state index is 0.136. The van der Waals surface area contributed by atoms with E-state index >= 15 is 0 Å². The first-order valence-corrected chi connectivity index (χ1v) is 6.92. The molecule has 7 heteroatoms. The van der Waals surface area contributed by atoms with Crippen LogP contribution in [0.15, 0.2) is 28.9 Å². The van der Waals surface area contributed by atoms with E-state index in [2.05, 4.69) is 20.8 Å². The van der Waals surface area contributed by atoms with E-state index in [4.69, 9.17) is 4.42 Å². The first-order valence-electron chi connectivity index (χ1n) is 6.92. The van der Waals surface area contributed by atoms with Gasteiger partial charge in [-0.2, -0.15) is 5.10 Å². The Morgan fingerprint density at radius 2 is 2.33 bits per heavy atom. The summed E-state index contributed by atoms with van der Waals surface area (Å²) in [7, 11) is 0. The molecule has 7 nitrogen and oxygen atoms in total. The summed E-state index contributed by atoms with van der Waals surface area (Å²) in [6.45, 7) is 0.663. The number of hydrogen-bond acceptors (Lipinski definition) is 4. The minimum atomic E-state index is -0.497. The topological polar surface area (TPSA) is 100 Å². The van der Waals surface area contributed by atoms with Gasteiger partial charge in [0.15, 0.2) is 11.5 Å². The number of rotatable bonds is 3. The maximum Gasteiger partial charge on any atom is 0.272 e. The van der Waals surface area contributed by atoms with Gasteiger partial charge in [-0.25, -0.2) is 0 Å².